The predicted octanol–water partition coefficient (Wildman–Crippen LogP) is 1.28. The fourth-order valence-corrected chi connectivity index (χ4v) is 4.17. The lowest BCUT2D eigenvalue weighted by atomic mass is 9.71. The van der Waals surface area contributed by atoms with Crippen LogP contribution in [0.4, 0.5) is 0 Å². The second-order valence-corrected chi connectivity index (χ2v) is 6.44. The maximum Gasteiger partial charge on any atom is 0.325 e. The lowest BCUT2D eigenvalue weighted by molar-refractivity contribution is 0.0721. The first kappa shape index (κ1) is 13.5. The minimum Gasteiger partial charge on any atom is -0.311 e. The van der Waals surface area contributed by atoms with Crippen molar-refractivity contribution in [1.82, 2.24) is 14.9 Å². The number of benzene rings is 1. The van der Waals surface area contributed by atoms with E-state index in [-0.39, 0.29) is 11.1 Å². The molecule has 1 aliphatic carbocycles. The molecular formula is C17H19N3O2. The molecular weight excluding hydrogens is 278 g/mol. The van der Waals surface area contributed by atoms with Gasteiger partial charge in [0.25, 0.3) is 5.56 Å². The van der Waals surface area contributed by atoms with Gasteiger partial charge in [-0.05, 0) is 37.4 Å². The molecule has 2 aromatic rings. The van der Waals surface area contributed by atoms with E-state index in [1.54, 1.807) is 0 Å². The highest BCUT2D eigenvalue weighted by atomic mass is 16.2. The van der Waals surface area contributed by atoms with E-state index in [2.05, 4.69) is 46.2 Å². The quantitative estimate of drug-likeness (QED) is 0.770. The number of aryl methyl sites for hydroxylation is 1. The van der Waals surface area contributed by atoms with Crippen molar-refractivity contribution < 1.29 is 0 Å². The van der Waals surface area contributed by atoms with Crippen molar-refractivity contribution in [3.8, 4) is 0 Å². The molecule has 2 heterocycles. The molecule has 5 nitrogen and oxygen atoms in total. The number of H-pyrrole nitrogens is 2. The zero-order chi connectivity index (χ0) is 15.3. The van der Waals surface area contributed by atoms with E-state index in [4.69, 9.17) is 0 Å². The Hall–Kier alpha value is -2.14. The fourth-order valence-electron chi connectivity index (χ4n) is 4.17. The van der Waals surface area contributed by atoms with Crippen molar-refractivity contribution in [2.24, 2.45) is 0 Å². The standard InChI is InChI=1S/C17H19N3O2/c1-20-10-12-14(18-16(22)19-15(12)21)9-17(20)8-4-6-11-5-2-3-7-13(11)17/h2-3,5,7H,4,6,8-10H2,1H3,(H2,18,19,21,22). The molecule has 1 atom stereocenters. The normalized spacial score (nSPS) is 24.0. The summed E-state index contributed by atoms with van der Waals surface area (Å²) in [7, 11) is 2.08. The molecule has 2 aliphatic rings. The van der Waals surface area contributed by atoms with Crippen LogP contribution in [0.15, 0.2) is 33.9 Å². The average molecular weight is 297 g/mol. The molecule has 0 saturated heterocycles. The zero-order valence-electron chi connectivity index (χ0n) is 12.6. The Bertz CT molecular complexity index is 851. The third-order valence-corrected chi connectivity index (χ3v) is 5.28. The van der Waals surface area contributed by atoms with Crippen molar-refractivity contribution in [1.29, 1.82) is 0 Å². The molecule has 1 aliphatic heterocycles. The SMILES string of the molecule is CN1Cc2c([nH]c(=O)[nH]c2=O)CC12CCCc1ccccc12. The molecule has 0 saturated carbocycles. The van der Waals surface area contributed by atoms with Crippen LogP contribution in [0.25, 0.3) is 0 Å². The van der Waals surface area contributed by atoms with Crippen molar-refractivity contribution in [3.63, 3.8) is 0 Å². The summed E-state index contributed by atoms with van der Waals surface area (Å²) in [5.41, 5.74) is 3.43. The Morgan fingerprint density at radius 3 is 2.86 bits per heavy atom. The minimum absolute atomic E-state index is 0.113. The van der Waals surface area contributed by atoms with Crippen LogP contribution in [-0.2, 0) is 24.9 Å². The molecule has 1 spiro atoms. The highest BCUT2D eigenvalue weighted by molar-refractivity contribution is 5.39. The maximum atomic E-state index is 12.0. The maximum absolute atomic E-state index is 12.0. The summed E-state index contributed by atoms with van der Waals surface area (Å²) in [4.78, 5) is 31.1. The van der Waals surface area contributed by atoms with Gasteiger partial charge >= 0.3 is 5.69 Å². The van der Waals surface area contributed by atoms with Gasteiger partial charge in [0.15, 0.2) is 0 Å². The van der Waals surface area contributed by atoms with Gasteiger partial charge in [-0.2, -0.15) is 0 Å². The number of rotatable bonds is 0. The van der Waals surface area contributed by atoms with Crippen LogP contribution in [0, 0.1) is 0 Å². The van der Waals surface area contributed by atoms with Crippen LogP contribution in [0.2, 0.25) is 0 Å². The summed E-state index contributed by atoms with van der Waals surface area (Å²) in [5, 5.41) is 0. The number of nitrogens with one attached hydrogen (secondary N) is 2. The van der Waals surface area contributed by atoms with E-state index in [1.807, 2.05) is 0 Å². The van der Waals surface area contributed by atoms with Gasteiger partial charge in [-0.15, -0.1) is 0 Å². The van der Waals surface area contributed by atoms with Gasteiger partial charge < -0.3 is 4.98 Å². The van der Waals surface area contributed by atoms with Crippen molar-refractivity contribution in [2.45, 2.75) is 37.8 Å². The van der Waals surface area contributed by atoms with Gasteiger partial charge in [-0.3, -0.25) is 14.7 Å². The van der Waals surface area contributed by atoms with Crippen molar-refractivity contribution in [3.05, 3.63) is 67.5 Å². The van der Waals surface area contributed by atoms with Crippen LogP contribution in [-0.4, -0.2) is 21.9 Å². The Kier molecular flexibility index (Phi) is 2.87. The Morgan fingerprint density at radius 2 is 2.00 bits per heavy atom. The van der Waals surface area contributed by atoms with E-state index < -0.39 is 5.69 Å². The van der Waals surface area contributed by atoms with Crippen LogP contribution in [0.1, 0.15) is 35.2 Å². The topological polar surface area (TPSA) is 69.0 Å². The zero-order valence-corrected chi connectivity index (χ0v) is 12.6. The number of hydrogen-bond donors (Lipinski definition) is 2. The highest BCUT2D eigenvalue weighted by Crippen LogP contribution is 2.44. The molecule has 1 aromatic heterocycles. The molecule has 0 fully saturated rings. The smallest absolute Gasteiger partial charge is 0.311 e. The van der Waals surface area contributed by atoms with Gasteiger partial charge in [0.1, 0.15) is 0 Å². The highest BCUT2D eigenvalue weighted by Gasteiger charge is 2.43. The number of aromatic nitrogens is 2. The number of likely N-dealkylation sites (N-methyl/N-ethyl adjacent to an activating group) is 1. The second-order valence-electron chi connectivity index (χ2n) is 6.44. The average Bonchev–Trinajstić information content (AvgIpc) is 2.50. The molecule has 4 rings (SSSR count). The first-order chi connectivity index (χ1) is 10.6. The van der Waals surface area contributed by atoms with Crippen LogP contribution in [0.3, 0.4) is 0 Å². The largest absolute Gasteiger partial charge is 0.325 e. The molecule has 0 amide bonds. The molecule has 22 heavy (non-hydrogen) atoms. The Morgan fingerprint density at radius 1 is 1.18 bits per heavy atom. The first-order valence-corrected chi connectivity index (χ1v) is 7.74. The van der Waals surface area contributed by atoms with Gasteiger partial charge in [-0.25, -0.2) is 4.79 Å². The van der Waals surface area contributed by atoms with Crippen LogP contribution >= 0.6 is 0 Å². The van der Waals surface area contributed by atoms with Crippen molar-refractivity contribution in [2.75, 3.05) is 7.05 Å². The summed E-state index contributed by atoms with van der Waals surface area (Å²) >= 11 is 0. The molecule has 1 unspecified atom stereocenters. The van der Waals surface area contributed by atoms with E-state index in [1.165, 1.54) is 11.1 Å². The first-order valence-electron chi connectivity index (χ1n) is 7.74. The Labute approximate surface area is 128 Å². The van der Waals surface area contributed by atoms with Gasteiger partial charge in [-0.1, -0.05) is 24.3 Å². The number of fused-ring (bicyclic) bond motifs is 3. The summed E-state index contributed by atoms with van der Waals surface area (Å²) in [6.45, 7) is 0.565. The molecule has 1 aromatic carbocycles. The second kappa shape index (κ2) is 4.68. The number of aromatic amines is 2. The van der Waals surface area contributed by atoms with Gasteiger partial charge in [0.2, 0.25) is 0 Å². The Balaban J connectivity index is 1.91. The third kappa shape index (κ3) is 1.82. The van der Waals surface area contributed by atoms with Crippen molar-refractivity contribution >= 4 is 0 Å². The van der Waals surface area contributed by atoms with Gasteiger partial charge in [0, 0.05) is 18.7 Å². The number of hydrogen-bond acceptors (Lipinski definition) is 3. The van der Waals surface area contributed by atoms with Crippen LogP contribution < -0.4 is 11.2 Å². The van der Waals surface area contributed by atoms with Crippen LogP contribution in [0.5, 0.6) is 0 Å². The monoisotopic (exact) mass is 297 g/mol. The van der Waals surface area contributed by atoms with Gasteiger partial charge in [0.05, 0.1) is 11.1 Å². The third-order valence-electron chi connectivity index (χ3n) is 5.28. The van der Waals surface area contributed by atoms with E-state index in [0.29, 0.717) is 18.5 Å². The lowest BCUT2D eigenvalue weighted by Crippen LogP contribution is -2.52. The molecule has 0 bridgehead atoms. The fraction of sp³-hybridized carbons (Fsp3) is 0.412. The summed E-state index contributed by atoms with van der Waals surface area (Å²) in [5.74, 6) is 0. The predicted molar refractivity (Wildman–Crippen MR) is 83.9 cm³/mol. The van der Waals surface area contributed by atoms with E-state index >= 15 is 0 Å². The van der Waals surface area contributed by atoms with E-state index in [0.717, 1.165) is 25.0 Å². The molecule has 2 N–H and O–H groups in total. The summed E-state index contributed by atoms with van der Waals surface area (Å²) < 4.78 is 0. The van der Waals surface area contributed by atoms with E-state index in [9.17, 15) is 9.59 Å². The summed E-state index contributed by atoms with van der Waals surface area (Å²) in [6.07, 6.45) is 3.97. The molecule has 0 radical (unpaired) electrons. The lowest BCUT2D eigenvalue weighted by Gasteiger charge is -2.48. The molecule has 5 heteroatoms. The minimum atomic E-state index is -0.410. The summed E-state index contributed by atoms with van der Waals surface area (Å²) in [6, 6.07) is 8.55. The molecule has 114 valence electrons. The number of nitrogens with zero attached hydrogens (tertiary/aromatic N) is 1.